The Labute approximate surface area is 178 Å². The Morgan fingerprint density at radius 1 is 0.933 bits per heavy atom. The Morgan fingerprint density at radius 3 is 2.47 bits per heavy atom. The molecule has 3 aromatic carbocycles. The van der Waals surface area contributed by atoms with Gasteiger partial charge in [-0.3, -0.25) is 4.79 Å². The first-order chi connectivity index (χ1) is 14.7. The van der Waals surface area contributed by atoms with E-state index in [1.54, 1.807) is 0 Å². The number of benzene rings is 3. The fourth-order valence-electron chi connectivity index (χ4n) is 5.11. The van der Waals surface area contributed by atoms with Crippen LogP contribution in [0.4, 0.5) is 11.4 Å². The van der Waals surface area contributed by atoms with Gasteiger partial charge in [0.15, 0.2) is 5.78 Å². The summed E-state index contributed by atoms with van der Waals surface area (Å²) in [5.41, 5.74) is 6.87. The lowest BCUT2D eigenvalue weighted by atomic mass is 9.77. The standard InChI is InChI=1S/C27H28N2O/c1-3-29(4-2)20-15-12-19(13-16-20)27-22-10-7-11-24(30)26(22)25-21-9-6-5-8-18(21)14-17-23(25)28-27/h5-6,8-9,12-17,27-28H,3-4,7,10-11H2,1-2H3/t27-/m0/s1. The van der Waals surface area contributed by atoms with Gasteiger partial charge in [0.1, 0.15) is 0 Å². The van der Waals surface area contributed by atoms with Crippen molar-refractivity contribution in [2.24, 2.45) is 0 Å². The lowest BCUT2D eigenvalue weighted by Gasteiger charge is -2.35. The van der Waals surface area contributed by atoms with E-state index < -0.39 is 0 Å². The average Bonchev–Trinajstić information content (AvgIpc) is 2.79. The maximum absolute atomic E-state index is 13.1. The summed E-state index contributed by atoms with van der Waals surface area (Å²) in [6, 6.07) is 21.6. The summed E-state index contributed by atoms with van der Waals surface area (Å²) in [6.45, 7) is 6.38. The molecule has 0 unspecified atom stereocenters. The van der Waals surface area contributed by atoms with Crippen LogP contribution in [0, 0.1) is 0 Å². The van der Waals surface area contributed by atoms with Crippen LogP contribution in [0.1, 0.15) is 50.3 Å². The highest BCUT2D eigenvalue weighted by molar-refractivity contribution is 6.27. The quantitative estimate of drug-likeness (QED) is 0.557. The van der Waals surface area contributed by atoms with Crippen molar-refractivity contribution in [2.75, 3.05) is 23.3 Å². The van der Waals surface area contributed by atoms with Crippen LogP contribution >= 0.6 is 0 Å². The van der Waals surface area contributed by atoms with Gasteiger partial charge >= 0.3 is 0 Å². The second-order valence-electron chi connectivity index (χ2n) is 8.23. The summed E-state index contributed by atoms with van der Waals surface area (Å²) in [6.07, 6.45) is 2.56. The minimum Gasteiger partial charge on any atom is -0.374 e. The van der Waals surface area contributed by atoms with Gasteiger partial charge in [0.25, 0.3) is 0 Å². The molecular weight excluding hydrogens is 368 g/mol. The Balaban J connectivity index is 1.64. The van der Waals surface area contributed by atoms with Crippen LogP contribution in [0.25, 0.3) is 16.3 Å². The van der Waals surface area contributed by atoms with E-state index in [4.69, 9.17) is 0 Å². The molecule has 0 aromatic heterocycles. The lowest BCUT2D eigenvalue weighted by molar-refractivity contribution is -0.114. The number of hydrogen-bond donors (Lipinski definition) is 1. The number of carbonyl (C=O) groups is 1. The fourth-order valence-corrected chi connectivity index (χ4v) is 5.11. The Morgan fingerprint density at radius 2 is 1.70 bits per heavy atom. The first kappa shape index (κ1) is 18.9. The number of ketones is 1. The van der Waals surface area contributed by atoms with Gasteiger partial charge in [0.2, 0.25) is 0 Å². The van der Waals surface area contributed by atoms with Gasteiger partial charge in [0, 0.05) is 42.0 Å². The molecule has 0 saturated heterocycles. The van der Waals surface area contributed by atoms with Crippen LogP contribution in [0.3, 0.4) is 0 Å². The Kier molecular flexibility index (Phi) is 4.82. The summed E-state index contributed by atoms with van der Waals surface area (Å²) in [5.74, 6) is 0.292. The molecule has 0 amide bonds. The first-order valence-corrected chi connectivity index (χ1v) is 11.1. The molecule has 30 heavy (non-hydrogen) atoms. The first-order valence-electron chi connectivity index (χ1n) is 11.1. The molecule has 3 aromatic rings. The molecule has 1 heterocycles. The van der Waals surface area contributed by atoms with Gasteiger partial charge in [-0.1, -0.05) is 42.5 Å². The van der Waals surface area contributed by atoms with Crippen LogP contribution < -0.4 is 10.2 Å². The molecule has 1 atom stereocenters. The number of hydrogen-bond acceptors (Lipinski definition) is 3. The van der Waals surface area contributed by atoms with E-state index in [2.05, 4.69) is 84.7 Å². The maximum atomic E-state index is 13.1. The van der Waals surface area contributed by atoms with Crippen LogP contribution in [0.5, 0.6) is 0 Å². The van der Waals surface area contributed by atoms with Crippen molar-refractivity contribution in [3.8, 4) is 0 Å². The SMILES string of the molecule is CCN(CC)c1ccc([C@@H]2Nc3ccc4ccccc4c3C3=C2CCCC3=O)cc1. The Hall–Kier alpha value is -3.07. The zero-order valence-electron chi connectivity index (χ0n) is 17.7. The van der Waals surface area contributed by atoms with Crippen LogP contribution in [0.2, 0.25) is 0 Å². The number of Topliss-reactive ketones (excluding diaryl/α,β-unsaturated/α-hetero) is 1. The molecule has 3 nitrogen and oxygen atoms in total. The maximum Gasteiger partial charge on any atom is 0.163 e. The highest BCUT2D eigenvalue weighted by Gasteiger charge is 2.34. The van der Waals surface area contributed by atoms with Crippen LogP contribution in [0.15, 0.2) is 66.2 Å². The highest BCUT2D eigenvalue weighted by Crippen LogP contribution is 2.47. The molecule has 0 saturated carbocycles. The molecule has 3 heteroatoms. The molecule has 5 rings (SSSR count). The second kappa shape index (κ2) is 7.64. The number of allylic oxidation sites excluding steroid dienone is 1. The van der Waals surface area contributed by atoms with Crippen molar-refractivity contribution in [2.45, 2.75) is 39.2 Å². The smallest absolute Gasteiger partial charge is 0.163 e. The summed E-state index contributed by atoms with van der Waals surface area (Å²) in [5, 5.41) is 6.13. The van der Waals surface area contributed by atoms with E-state index in [9.17, 15) is 4.79 Å². The van der Waals surface area contributed by atoms with Gasteiger partial charge in [-0.2, -0.15) is 0 Å². The predicted molar refractivity (Wildman–Crippen MR) is 126 cm³/mol. The molecule has 152 valence electrons. The van der Waals surface area contributed by atoms with Crippen LogP contribution in [-0.4, -0.2) is 18.9 Å². The third-order valence-electron chi connectivity index (χ3n) is 6.63. The van der Waals surface area contributed by atoms with Crippen molar-refractivity contribution in [3.63, 3.8) is 0 Å². The topological polar surface area (TPSA) is 32.3 Å². The Bertz CT molecular complexity index is 1140. The van der Waals surface area contributed by atoms with Gasteiger partial charge in [-0.05, 0) is 66.8 Å². The van der Waals surface area contributed by atoms with Crippen molar-refractivity contribution < 1.29 is 4.79 Å². The van der Waals surface area contributed by atoms with E-state index in [1.165, 1.54) is 27.6 Å². The summed E-state index contributed by atoms with van der Waals surface area (Å²) in [4.78, 5) is 15.5. The minimum absolute atomic E-state index is 0.0589. The lowest BCUT2D eigenvalue weighted by Crippen LogP contribution is -2.26. The van der Waals surface area contributed by atoms with E-state index in [1.807, 2.05) is 0 Å². The second-order valence-corrected chi connectivity index (χ2v) is 8.23. The molecule has 0 radical (unpaired) electrons. The third-order valence-corrected chi connectivity index (χ3v) is 6.63. The molecule has 2 aliphatic rings. The number of nitrogens with zero attached hydrogens (tertiary/aromatic N) is 1. The van der Waals surface area contributed by atoms with Gasteiger partial charge in [0.05, 0.1) is 6.04 Å². The number of fused-ring (bicyclic) bond motifs is 4. The molecule has 0 fully saturated rings. The normalized spacial score (nSPS) is 18.1. The van der Waals surface area contributed by atoms with E-state index in [-0.39, 0.29) is 6.04 Å². The molecule has 1 aliphatic carbocycles. The van der Waals surface area contributed by atoms with Gasteiger partial charge in [-0.15, -0.1) is 0 Å². The average molecular weight is 397 g/mol. The number of nitrogens with one attached hydrogen (secondary N) is 1. The van der Waals surface area contributed by atoms with Gasteiger partial charge < -0.3 is 10.2 Å². The van der Waals surface area contributed by atoms with Crippen molar-refractivity contribution in [1.29, 1.82) is 0 Å². The third kappa shape index (κ3) is 3.00. The molecular formula is C27H28N2O. The van der Waals surface area contributed by atoms with Gasteiger partial charge in [-0.25, -0.2) is 0 Å². The zero-order valence-corrected chi connectivity index (χ0v) is 17.7. The summed E-state index contributed by atoms with van der Waals surface area (Å²) in [7, 11) is 0. The summed E-state index contributed by atoms with van der Waals surface area (Å²) < 4.78 is 0. The zero-order chi connectivity index (χ0) is 20.7. The van der Waals surface area contributed by atoms with E-state index >= 15 is 0 Å². The minimum atomic E-state index is 0.0589. The summed E-state index contributed by atoms with van der Waals surface area (Å²) >= 11 is 0. The fraction of sp³-hybridized carbons (Fsp3) is 0.296. The monoisotopic (exact) mass is 396 g/mol. The highest BCUT2D eigenvalue weighted by atomic mass is 16.1. The van der Waals surface area contributed by atoms with E-state index in [0.717, 1.165) is 42.8 Å². The number of anilines is 2. The van der Waals surface area contributed by atoms with Crippen molar-refractivity contribution in [1.82, 2.24) is 0 Å². The molecule has 1 N–H and O–H groups in total. The molecule has 0 bridgehead atoms. The number of carbonyl (C=O) groups excluding carboxylic acids is 1. The largest absolute Gasteiger partial charge is 0.374 e. The molecule has 0 spiro atoms. The number of rotatable bonds is 4. The van der Waals surface area contributed by atoms with Crippen molar-refractivity contribution in [3.05, 3.63) is 77.4 Å². The van der Waals surface area contributed by atoms with Crippen molar-refractivity contribution >= 4 is 33.5 Å². The van der Waals surface area contributed by atoms with Crippen LogP contribution in [-0.2, 0) is 4.79 Å². The predicted octanol–water partition coefficient (Wildman–Crippen LogP) is 6.36. The molecule has 1 aliphatic heterocycles. The van der Waals surface area contributed by atoms with E-state index in [0.29, 0.717) is 12.2 Å².